The SMILES string of the molecule is CN(C(=O)C1CCCC(N)C1)C1CNC1. The highest BCUT2D eigenvalue weighted by Gasteiger charge is 2.32. The molecule has 4 nitrogen and oxygen atoms in total. The van der Waals surface area contributed by atoms with Gasteiger partial charge in [0.25, 0.3) is 0 Å². The van der Waals surface area contributed by atoms with E-state index in [1.807, 2.05) is 11.9 Å². The molecule has 0 radical (unpaired) electrons. The summed E-state index contributed by atoms with van der Waals surface area (Å²) in [5.74, 6) is 0.482. The molecule has 0 spiro atoms. The number of nitrogens with two attached hydrogens (primary N) is 1. The van der Waals surface area contributed by atoms with Gasteiger partial charge in [0.1, 0.15) is 0 Å². The van der Waals surface area contributed by atoms with Crippen LogP contribution in [0.4, 0.5) is 0 Å². The van der Waals surface area contributed by atoms with Crippen molar-refractivity contribution in [2.24, 2.45) is 11.7 Å². The molecule has 1 aliphatic heterocycles. The van der Waals surface area contributed by atoms with Crippen LogP contribution >= 0.6 is 0 Å². The van der Waals surface area contributed by atoms with Gasteiger partial charge in [-0.25, -0.2) is 0 Å². The average Bonchev–Trinajstić information content (AvgIpc) is 2.14. The molecule has 1 amide bonds. The van der Waals surface area contributed by atoms with Gasteiger partial charge in [-0.1, -0.05) is 6.42 Å². The zero-order chi connectivity index (χ0) is 10.8. The summed E-state index contributed by atoms with van der Waals surface area (Å²) in [6.45, 7) is 1.89. The smallest absolute Gasteiger partial charge is 0.225 e. The molecule has 1 aliphatic carbocycles. The Balaban J connectivity index is 1.88. The third-order valence-electron chi connectivity index (χ3n) is 3.72. The lowest BCUT2D eigenvalue weighted by molar-refractivity contribution is -0.138. The second-order valence-electron chi connectivity index (χ2n) is 4.88. The summed E-state index contributed by atoms with van der Waals surface area (Å²) in [5.41, 5.74) is 5.90. The van der Waals surface area contributed by atoms with Crippen LogP contribution in [0, 0.1) is 5.92 Å². The van der Waals surface area contributed by atoms with Gasteiger partial charge in [0, 0.05) is 32.1 Å². The maximum absolute atomic E-state index is 12.1. The molecule has 2 unspecified atom stereocenters. The predicted molar refractivity (Wildman–Crippen MR) is 59.4 cm³/mol. The monoisotopic (exact) mass is 211 g/mol. The van der Waals surface area contributed by atoms with Crippen LogP contribution in [-0.4, -0.2) is 43.0 Å². The van der Waals surface area contributed by atoms with Crippen molar-refractivity contribution in [2.75, 3.05) is 20.1 Å². The fraction of sp³-hybridized carbons (Fsp3) is 0.909. The Morgan fingerprint density at radius 1 is 1.40 bits per heavy atom. The normalized spacial score (nSPS) is 32.1. The molecule has 1 saturated carbocycles. The van der Waals surface area contributed by atoms with Crippen molar-refractivity contribution in [3.05, 3.63) is 0 Å². The number of hydrogen-bond donors (Lipinski definition) is 2. The van der Waals surface area contributed by atoms with E-state index in [0.717, 1.165) is 38.8 Å². The first kappa shape index (κ1) is 10.9. The Labute approximate surface area is 91.2 Å². The zero-order valence-electron chi connectivity index (χ0n) is 9.41. The molecular formula is C11H21N3O. The van der Waals surface area contributed by atoms with Gasteiger partial charge in [0.2, 0.25) is 5.91 Å². The molecule has 2 aliphatic rings. The minimum atomic E-state index is 0.180. The highest BCUT2D eigenvalue weighted by atomic mass is 16.2. The van der Waals surface area contributed by atoms with Gasteiger partial charge in [-0.05, 0) is 19.3 Å². The van der Waals surface area contributed by atoms with E-state index >= 15 is 0 Å². The van der Waals surface area contributed by atoms with Gasteiger partial charge >= 0.3 is 0 Å². The second-order valence-corrected chi connectivity index (χ2v) is 4.88. The Morgan fingerprint density at radius 2 is 2.13 bits per heavy atom. The van der Waals surface area contributed by atoms with E-state index in [-0.39, 0.29) is 12.0 Å². The van der Waals surface area contributed by atoms with Crippen molar-refractivity contribution in [3.8, 4) is 0 Å². The lowest BCUT2D eigenvalue weighted by Crippen LogP contribution is -2.58. The highest BCUT2D eigenvalue weighted by molar-refractivity contribution is 5.79. The first-order valence-electron chi connectivity index (χ1n) is 5.91. The van der Waals surface area contributed by atoms with Gasteiger partial charge in [0.05, 0.1) is 6.04 Å². The Hall–Kier alpha value is -0.610. The quantitative estimate of drug-likeness (QED) is 0.672. The largest absolute Gasteiger partial charge is 0.340 e. The summed E-state index contributed by atoms with van der Waals surface area (Å²) >= 11 is 0. The van der Waals surface area contributed by atoms with E-state index in [4.69, 9.17) is 5.73 Å². The van der Waals surface area contributed by atoms with E-state index in [2.05, 4.69) is 5.32 Å². The Morgan fingerprint density at radius 3 is 2.67 bits per heavy atom. The van der Waals surface area contributed by atoms with Crippen molar-refractivity contribution in [1.82, 2.24) is 10.2 Å². The minimum Gasteiger partial charge on any atom is -0.340 e. The van der Waals surface area contributed by atoms with Crippen LogP contribution in [0.15, 0.2) is 0 Å². The van der Waals surface area contributed by atoms with Crippen LogP contribution in [0.3, 0.4) is 0 Å². The van der Waals surface area contributed by atoms with Crippen LogP contribution in [0.2, 0.25) is 0 Å². The highest BCUT2D eigenvalue weighted by Crippen LogP contribution is 2.25. The minimum absolute atomic E-state index is 0.180. The first-order valence-corrected chi connectivity index (χ1v) is 5.91. The van der Waals surface area contributed by atoms with Crippen LogP contribution in [0.25, 0.3) is 0 Å². The number of likely N-dealkylation sites (N-methyl/N-ethyl adjacent to an activating group) is 1. The van der Waals surface area contributed by atoms with Crippen molar-refractivity contribution in [1.29, 1.82) is 0 Å². The molecule has 15 heavy (non-hydrogen) atoms. The second kappa shape index (κ2) is 4.49. The number of nitrogens with zero attached hydrogens (tertiary/aromatic N) is 1. The van der Waals surface area contributed by atoms with Crippen molar-refractivity contribution < 1.29 is 4.79 Å². The lowest BCUT2D eigenvalue weighted by atomic mass is 9.85. The van der Waals surface area contributed by atoms with E-state index in [0.29, 0.717) is 11.9 Å². The fourth-order valence-electron chi connectivity index (χ4n) is 2.47. The van der Waals surface area contributed by atoms with Crippen molar-refractivity contribution in [3.63, 3.8) is 0 Å². The number of carbonyl (C=O) groups is 1. The summed E-state index contributed by atoms with van der Waals surface area (Å²) in [6.07, 6.45) is 4.09. The van der Waals surface area contributed by atoms with Gasteiger partial charge in [-0.3, -0.25) is 4.79 Å². The maximum Gasteiger partial charge on any atom is 0.225 e. The third-order valence-corrected chi connectivity index (χ3v) is 3.72. The molecule has 4 heteroatoms. The molecule has 1 heterocycles. The summed E-state index contributed by atoms with van der Waals surface area (Å²) in [7, 11) is 1.92. The molecular weight excluding hydrogens is 190 g/mol. The molecule has 0 aromatic rings. The topological polar surface area (TPSA) is 58.4 Å². The predicted octanol–water partition coefficient (Wildman–Crippen LogP) is -0.0659. The molecule has 3 N–H and O–H groups in total. The lowest BCUT2D eigenvalue weighted by Gasteiger charge is -2.38. The number of rotatable bonds is 2. The molecule has 0 aromatic heterocycles. The van der Waals surface area contributed by atoms with Crippen molar-refractivity contribution >= 4 is 5.91 Å². The third kappa shape index (κ3) is 2.32. The van der Waals surface area contributed by atoms with Gasteiger partial charge < -0.3 is 16.0 Å². The average molecular weight is 211 g/mol. The number of nitrogens with one attached hydrogen (secondary N) is 1. The van der Waals surface area contributed by atoms with Crippen molar-refractivity contribution in [2.45, 2.75) is 37.8 Å². The molecule has 1 saturated heterocycles. The standard InChI is InChI=1S/C11H21N3O/c1-14(10-6-13-7-10)11(15)8-3-2-4-9(12)5-8/h8-10,13H,2-7,12H2,1H3. The van der Waals surface area contributed by atoms with Gasteiger partial charge in [0.15, 0.2) is 0 Å². The van der Waals surface area contributed by atoms with E-state index in [9.17, 15) is 4.79 Å². The summed E-state index contributed by atoms with van der Waals surface area (Å²) in [4.78, 5) is 14.0. The van der Waals surface area contributed by atoms with Crippen LogP contribution in [-0.2, 0) is 4.79 Å². The zero-order valence-corrected chi connectivity index (χ0v) is 9.41. The first-order chi connectivity index (χ1) is 7.18. The van der Waals surface area contributed by atoms with Crippen LogP contribution in [0.1, 0.15) is 25.7 Å². The van der Waals surface area contributed by atoms with E-state index in [1.54, 1.807) is 0 Å². The molecule has 2 atom stereocenters. The van der Waals surface area contributed by atoms with Gasteiger partial charge in [-0.15, -0.1) is 0 Å². The molecule has 0 aromatic carbocycles. The fourth-order valence-corrected chi connectivity index (χ4v) is 2.47. The molecule has 2 fully saturated rings. The summed E-state index contributed by atoms with van der Waals surface area (Å²) in [5, 5.41) is 3.19. The summed E-state index contributed by atoms with van der Waals surface area (Å²) in [6, 6.07) is 0.649. The van der Waals surface area contributed by atoms with Gasteiger partial charge in [-0.2, -0.15) is 0 Å². The molecule has 0 bridgehead atoms. The molecule has 86 valence electrons. The number of amides is 1. The van der Waals surface area contributed by atoms with Crippen LogP contribution < -0.4 is 11.1 Å². The van der Waals surface area contributed by atoms with Crippen LogP contribution in [0.5, 0.6) is 0 Å². The van der Waals surface area contributed by atoms with E-state index < -0.39 is 0 Å². The molecule has 2 rings (SSSR count). The number of carbonyl (C=O) groups excluding carboxylic acids is 1. The Kier molecular flexibility index (Phi) is 3.26. The summed E-state index contributed by atoms with van der Waals surface area (Å²) < 4.78 is 0. The number of hydrogen-bond acceptors (Lipinski definition) is 3. The maximum atomic E-state index is 12.1. The van der Waals surface area contributed by atoms with E-state index in [1.165, 1.54) is 0 Å². The Bertz CT molecular complexity index is 240.